The van der Waals surface area contributed by atoms with Crippen molar-refractivity contribution in [3.05, 3.63) is 47.8 Å². The van der Waals surface area contributed by atoms with Crippen LogP contribution in [0.25, 0.3) is 0 Å². The number of nitrogens with one attached hydrogen (secondary N) is 4. The van der Waals surface area contributed by atoms with Crippen molar-refractivity contribution in [3.8, 4) is 0 Å². The van der Waals surface area contributed by atoms with Crippen molar-refractivity contribution >= 4 is 28.8 Å². The van der Waals surface area contributed by atoms with Gasteiger partial charge in [0.15, 0.2) is 5.69 Å². The summed E-state index contributed by atoms with van der Waals surface area (Å²) in [7, 11) is 0. The number of rotatable bonds is 2. The van der Waals surface area contributed by atoms with Crippen molar-refractivity contribution in [1.82, 2.24) is 10.3 Å². The molecule has 0 radical (unpaired) electrons. The van der Waals surface area contributed by atoms with Crippen molar-refractivity contribution in [1.29, 1.82) is 0 Å². The number of piperazine rings is 1. The zero-order chi connectivity index (χ0) is 16.4. The zero-order valence-electron chi connectivity index (χ0n) is 13.1. The van der Waals surface area contributed by atoms with Gasteiger partial charge < -0.3 is 26.1 Å². The average molecular weight is 325 g/mol. The van der Waals surface area contributed by atoms with Gasteiger partial charge in [0.05, 0.1) is 11.9 Å². The highest BCUT2D eigenvalue weighted by molar-refractivity contribution is 6.04. The van der Waals surface area contributed by atoms with Crippen LogP contribution in [0.15, 0.2) is 47.7 Å². The lowest BCUT2D eigenvalue weighted by Crippen LogP contribution is -2.98. The third-order valence-corrected chi connectivity index (χ3v) is 4.10. The van der Waals surface area contributed by atoms with Crippen LogP contribution in [-0.4, -0.2) is 37.1 Å². The molecule has 1 saturated heterocycles. The quantitative estimate of drug-likeness (QED) is 0.594. The number of anilines is 3. The predicted octanol–water partition coefficient (Wildman–Crippen LogP) is 0.314. The third kappa shape index (κ3) is 3.02. The average Bonchev–Trinajstić information content (AvgIpc) is 2.63. The van der Waals surface area contributed by atoms with Crippen LogP contribution in [-0.2, 0) is 0 Å². The first kappa shape index (κ1) is 14.9. The van der Waals surface area contributed by atoms with Crippen LogP contribution >= 0.6 is 0 Å². The standard InChI is InChI=1S/C16H19N7O/c24-23-14-4-2-1-3-13(14)19-16(21-23)20-15-6-5-12(11-18-15)22-9-7-17-8-10-22/h1-6,11,17,23H,7-10H2,(H2,18,19,20,21). The summed E-state index contributed by atoms with van der Waals surface area (Å²) in [6, 6.07) is 11.2. The number of aromatic nitrogens is 1. The molecule has 1 aromatic heterocycles. The number of benzene rings is 1. The van der Waals surface area contributed by atoms with E-state index in [1.54, 1.807) is 6.07 Å². The molecule has 8 nitrogen and oxygen atoms in total. The van der Waals surface area contributed by atoms with Gasteiger partial charge in [-0.05, 0) is 23.3 Å². The largest absolute Gasteiger partial charge is 0.601 e. The molecule has 2 aliphatic heterocycles. The predicted molar refractivity (Wildman–Crippen MR) is 94.4 cm³/mol. The SMILES string of the molecule is [O-][NH+]1N=C(Nc2ccc(N3CCNCC3)cn2)Nc2ccccc21. The summed E-state index contributed by atoms with van der Waals surface area (Å²) in [6.45, 7) is 3.94. The second kappa shape index (κ2) is 6.44. The van der Waals surface area contributed by atoms with Crippen molar-refractivity contribution in [2.24, 2.45) is 5.10 Å². The van der Waals surface area contributed by atoms with E-state index in [2.05, 4.69) is 30.9 Å². The number of hydrogen-bond acceptors (Lipinski definition) is 7. The van der Waals surface area contributed by atoms with Crippen molar-refractivity contribution in [3.63, 3.8) is 0 Å². The fourth-order valence-electron chi connectivity index (χ4n) is 2.85. The highest BCUT2D eigenvalue weighted by Crippen LogP contribution is 2.20. The molecular formula is C16H19N7O. The number of para-hydroxylation sites is 1. The minimum atomic E-state index is -0.260. The van der Waals surface area contributed by atoms with Gasteiger partial charge in [-0.25, -0.2) is 10.2 Å². The van der Waals surface area contributed by atoms with E-state index in [-0.39, 0.29) is 5.17 Å². The Morgan fingerprint density at radius 1 is 1.12 bits per heavy atom. The zero-order valence-corrected chi connectivity index (χ0v) is 13.1. The van der Waals surface area contributed by atoms with Gasteiger partial charge in [-0.3, -0.25) is 0 Å². The fourth-order valence-corrected chi connectivity index (χ4v) is 2.85. The number of pyridine rings is 1. The molecule has 1 aromatic carbocycles. The number of quaternary nitrogens is 1. The molecule has 1 unspecified atom stereocenters. The molecule has 0 bridgehead atoms. The summed E-state index contributed by atoms with van der Waals surface area (Å²) in [5.74, 6) is 1.04. The molecule has 0 saturated carbocycles. The van der Waals surface area contributed by atoms with Gasteiger partial charge in [0.1, 0.15) is 11.5 Å². The summed E-state index contributed by atoms with van der Waals surface area (Å²) in [5, 5.41) is 25.3. The Labute approximate surface area is 139 Å². The van der Waals surface area contributed by atoms with E-state index in [4.69, 9.17) is 0 Å². The van der Waals surface area contributed by atoms with Crippen LogP contribution in [0.1, 0.15) is 0 Å². The van der Waals surface area contributed by atoms with E-state index < -0.39 is 0 Å². The molecule has 0 aliphatic carbocycles. The van der Waals surface area contributed by atoms with E-state index in [9.17, 15) is 5.21 Å². The van der Waals surface area contributed by atoms with Crippen LogP contribution in [0.5, 0.6) is 0 Å². The molecule has 4 N–H and O–H groups in total. The van der Waals surface area contributed by atoms with E-state index in [1.165, 1.54) is 0 Å². The van der Waals surface area contributed by atoms with Gasteiger partial charge >= 0.3 is 0 Å². The summed E-state index contributed by atoms with van der Waals surface area (Å²) < 4.78 is 0. The van der Waals surface area contributed by atoms with Crippen LogP contribution in [0.3, 0.4) is 0 Å². The normalized spacial score (nSPS) is 20.0. The topological polar surface area (TPSA) is 92.1 Å². The summed E-state index contributed by atoms with van der Waals surface area (Å²) in [5.41, 5.74) is 2.42. The maximum Gasteiger partial charge on any atom is 0.261 e. The van der Waals surface area contributed by atoms with Crippen LogP contribution in [0, 0.1) is 5.21 Å². The second-order valence-electron chi connectivity index (χ2n) is 5.70. The summed E-state index contributed by atoms with van der Waals surface area (Å²) >= 11 is 0. The summed E-state index contributed by atoms with van der Waals surface area (Å²) in [4.78, 5) is 6.72. The molecule has 0 amide bonds. The molecule has 0 spiro atoms. The first-order valence-corrected chi connectivity index (χ1v) is 7.97. The highest BCUT2D eigenvalue weighted by atomic mass is 16.5. The van der Waals surface area contributed by atoms with Gasteiger partial charge in [-0.1, -0.05) is 12.1 Å². The van der Waals surface area contributed by atoms with E-state index >= 15 is 0 Å². The number of nitrogens with zero attached hydrogens (tertiary/aromatic N) is 3. The number of guanidine groups is 1. The molecule has 24 heavy (non-hydrogen) atoms. The van der Waals surface area contributed by atoms with Crippen molar-refractivity contribution < 1.29 is 5.17 Å². The van der Waals surface area contributed by atoms with Gasteiger partial charge in [0.2, 0.25) is 0 Å². The van der Waals surface area contributed by atoms with Crippen LogP contribution in [0.4, 0.5) is 22.9 Å². The monoisotopic (exact) mass is 325 g/mol. The Morgan fingerprint density at radius 3 is 2.75 bits per heavy atom. The molecular weight excluding hydrogens is 306 g/mol. The minimum absolute atomic E-state index is 0.260. The molecule has 1 fully saturated rings. The Kier molecular flexibility index (Phi) is 3.99. The lowest BCUT2D eigenvalue weighted by atomic mass is 10.2. The Balaban J connectivity index is 1.46. The molecule has 124 valence electrons. The van der Waals surface area contributed by atoms with E-state index in [0.717, 1.165) is 37.6 Å². The van der Waals surface area contributed by atoms with Gasteiger partial charge in [-0.15, -0.1) is 0 Å². The second-order valence-corrected chi connectivity index (χ2v) is 5.70. The minimum Gasteiger partial charge on any atom is -0.601 e. The maximum absolute atomic E-state index is 12.0. The van der Waals surface area contributed by atoms with Gasteiger partial charge in [-0.2, -0.15) is 0 Å². The Morgan fingerprint density at radius 2 is 1.96 bits per heavy atom. The molecule has 1 atom stereocenters. The maximum atomic E-state index is 12.0. The first-order chi connectivity index (χ1) is 11.8. The molecule has 2 aliphatic rings. The molecule has 4 rings (SSSR count). The van der Waals surface area contributed by atoms with E-state index in [1.807, 2.05) is 36.5 Å². The Bertz CT molecular complexity index is 740. The lowest BCUT2D eigenvalue weighted by Gasteiger charge is -2.29. The van der Waals surface area contributed by atoms with Gasteiger partial charge in [0, 0.05) is 32.2 Å². The van der Waals surface area contributed by atoms with Crippen LogP contribution < -0.4 is 26.0 Å². The molecule has 2 aromatic rings. The number of fused-ring (bicyclic) bond motifs is 1. The smallest absolute Gasteiger partial charge is 0.261 e. The van der Waals surface area contributed by atoms with Crippen LogP contribution in [0.2, 0.25) is 0 Å². The van der Waals surface area contributed by atoms with Crippen molar-refractivity contribution in [2.45, 2.75) is 0 Å². The highest BCUT2D eigenvalue weighted by Gasteiger charge is 2.18. The Hall–Kier alpha value is -2.68. The lowest BCUT2D eigenvalue weighted by molar-refractivity contribution is -0.783. The van der Waals surface area contributed by atoms with Gasteiger partial charge in [0.25, 0.3) is 5.96 Å². The third-order valence-electron chi connectivity index (χ3n) is 4.10. The first-order valence-electron chi connectivity index (χ1n) is 7.97. The van der Waals surface area contributed by atoms with E-state index in [0.29, 0.717) is 17.5 Å². The fraction of sp³-hybridized carbons (Fsp3) is 0.250. The summed E-state index contributed by atoms with van der Waals surface area (Å²) in [6.07, 6.45) is 1.84. The number of hydrogen-bond donors (Lipinski definition) is 4. The molecule has 8 heteroatoms. The van der Waals surface area contributed by atoms with Crippen molar-refractivity contribution in [2.75, 3.05) is 41.7 Å². The molecule has 3 heterocycles.